The largest absolute Gasteiger partial charge is 0.388 e. The minimum absolute atomic E-state index is 0.0458. The Kier molecular flexibility index (Phi) is 5.46. The maximum Gasteiger partial charge on any atom is 0.272 e. The Balaban J connectivity index is 1.63. The number of benzene rings is 1. The van der Waals surface area contributed by atoms with E-state index in [1.54, 1.807) is 30.1 Å². The lowest BCUT2D eigenvalue weighted by molar-refractivity contribution is 0.0458. The van der Waals surface area contributed by atoms with E-state index in [4.69, 9.17) is 0 Å². The normalized spacial score (nSPS) is 16.4. The third-order valence-corrected chi connectivity index (χ3v) is 4.78. The zero-order valence-electron chi connectivity index (χ0n) is 14.9. The third kappa shape index (κ3) is 3.99. The van der Waals surface area contributed by atoms with Crippen molar-refractivity contribution in [2.24, 2.45) is 5.92 Å². The Hall–Kier alpha value is -2.54. The van der Waals surface area contributed by atoms with Gasteiger partial charge in [0, 0.05) is 25.8 Å². The van der Waals surface area contributed by atoms with Gasteiger partial charge in [-0.1, -0.05) is 12.1 Å². The quantitative estimate of drug-likeness (QED) is 0.878. The van der Waals surface area contributed by atoms with Crippen molar-refractivity contribution in [1.29, 1.82) is 0 Å². The fourth-order valence-electron chi connectivity index (χ4n) is 3.30. The van der Waals surface area contributed by atoms with Gasteiger partial charge in [-0.05, 0) is 49.4 Å². The number of carbonyl (C=O) groups is 1. The van der Waals surface area contributed by atoms with Crippen LogP contribution in [0.2, 0.25) is 0 Å². The molecule has 1 atom stereocenters. The second-order valence-corrected chi connectivity index (χ2v) is 6.59. The van der Waals surface area contributed by atoms with E-state index < -0.39 is 6.10 Å². The number of nitrogens with one attached hydrogen (secondary N) is 1. The van der Waals surface area contributed by atoms with E-state index in [9.17, 15) is 14.3 Å². The van der Waals surface area contributed by atoms with Gasteiger partial charge in [0.2, 0.25) is 5.95 Å². The topological polar surface area (TPSA) is 78.4 Å². The van der Waals surface area contributed by atoms with Crippen molar-refractivity contribution < 1.29 is 14.3 Å². The molecule has 6 nitrogen and oxygen atoms in total. The minimum Gasteiger partial charge on any atom is -0.388 e. The first-order valence-corrected chi connectivity index (χ1v) is 8.74. The molecule has 0 saturated carbocycles. The molecule has 138 valence electrons. The average Bonchev–Trinajstić information content (AvgIpc) is 2.67. The number of halogens is 1. The fraction of sp³-hybridized carbons (Fsp3) is 0.421. The van der Waals surface area contributed by atoms with Crippen LogP contribution in [0.3, 0.4) is 0 Å². The second kappa shape index (κ2) is 7.78. The molecule has 0 aliphatic carbocycles. The van der Waals surface area contributed by atoms with Crippen molar-refractivity contribution in [3.63, 3.8) is 0 Å². The summed E-state index contributed by atoms with van der Waals surface area (Å²) in [5, 5.41) is 13.4. The Morgan fingerprint density at radius 2 is 1.92 bits per heavy atom. The number of nitrogens with zero attached hydrogens (tertiary/aromatic N) is 3. The number of amides is 1. The van der Waals surface area contributed by atoms with E-state index in [-0.39, 0.29) is 17.6 Å². The number of piperidine rings is 1. The monoisotopic (exact) mass is 358 g/mol. The molecule has 2 heterocycles. The van der Waals surface area contributed by atoms with Crippen LogP contribution >= 0.6 is 0 Å². The van der Waals surface area contributed by atoms with Crippen LogP contribution in [0, 0.1) is 18.7 Å². The van der Waals surface area contributed by atoms with Crippen molar-refractivity contribution in [1.82, 2.24) is 14.9 Å². The Morgan fingerprint density at radius 1 is 1.27 bits per heavy atom. The summed E-state index contributed by atoms with van der Waals surface area (Å²) in [6.45, 7) is 2.93. The average molecular weight is 358 g/mol. The summed E-state index contributed by atoms with van der Waals surface area (Å²) in [6, 6.07) is 7.62. The van der Waals surface area contributed by atoms with Crippen molar-refractivity contribution in [3.05, 3.63) is 53.1 Å². The molecule has 2 aromatic rings. The Morgan fingerprint density at radius 3 is 2.54 bits per heavy atom. The van der Waals surface area contributed by atoms with E-state index in [1.807, 2.05) is 6.92 Å². The zero-order chi connectivity index (χ0) is 18.7. The number of aliphatic hydroxyl groups is 1. The number of carbonyl (C=O) groups excluding carboxylic acids is 1. The Bertz CT molecular complexity index is 774. The molecule has 0 radical (unpaired) electrons. The molecule has 1 aliphatic heterocycles. The minimum atomic E-state index is -0.648. The number of hydrogen-bond donors (Lipinski definition) is 2. The molecule has 0 spiro atoms. The van der Waals surface area contributed by atoms with Gasteiger partial charge in [-0.25, -0.2) is 14.4 Å². The van der Waals surface area contributed by atoms with Gasteiger partial charge in [0.25, 0.3) is 5.91 Å². The molecule has 3 rings (SSSR count). The number of anilines is 1. The maximum absolute atomic E-state index is 13.0. The molecule has 1 amide bonds. The number of aromatic nitrogens is 2. The molecule has 1 unspecified atom stereocenters. The number of likely N-dealkylation sites (tertiary alicyclic amines) is 1. The van der Waals surface area contributed by atoms with Crippen molar-refractivity contribution in [2.75, 3.05) is 25.5 Å². The van der Waals surface area contributed by atoms with Gasteiger partial charge in [-0.15, -0.1) is 0 Å². The maximum atomic E-state index is 13.0. The highest BCUT2D eigenvalue weighted by molar-refractivity contribution is 5.92. The summed E-state index contributed by atoms with van der Waals surface area (Å²) in [5.74, 6) is 0.0312. The van der Waals surface area contributed by atoms with Crippen LogP contribution in [-0.4, -0.2) is 46.0 Å². The highest BCUT2D eigenvalue weighted by atomic mass is 19.1. The van der Waals surface area contributed by atoms with E-state index in [1.165, 1.54) is 12.1 Å². The van der Waals surface area contributed by atoms with Crippen LogP contribution in [0.15, 0.2) is 30.3 Å². The van der Waals surface area contributed by atoms with Crippen molar-refractivity contribution in [2.45, 2.75) is 25.9 Å². The molecule has 1 aromatic carbocycles. The summed E-state index contributed by atoms with van der Waals surface area (Å²) in [4.78, 5) is 22.9. The third-order valence-electron chi connectivity index (χ3n) is 4.78. The molecule has 7 heteroatoms. The molecule has 1 aliphatic rings. The summed E-state index contributed by atoms with van der Waals surface area (Å²) >= 11 is 0. The summed E-state index contributed by atoms with van der Waals surface area (Å²) in [6.07, 6.45) is 0.727. The molecule has 0 bridgehead atoms. The van der Waals surface area contributed by atoms with Gasteiger partial charge in [0.05, 0.1) is 6.10 Å². The molecular weight excluding hydrogens is 335 g/mol. The van der Waals surface area contributed by atoms with Crippen LogP contribution in [0.4, 0.5) is 10.3 Å². The van der Waals surface area contributed by atoms with Gasteiger partial charge >= 0.3 is 0 Å². The molecule has 1 saturated heterocycles. The fourth-order valence-corrected chi connectivity index (χ4v) is 3.30. The smallest absolute Gasteiger partial charge is 0.272 e. The lowest BCUT2D eigenvalue weighted by Gasteiger charge is -2.34. The molecule has 1 aromatic heterocycles. The van der Waals surface area contributed by atoms with E-state index in [0.717, 1.165) is 5.69 Å². The second-order valence-electron chi connectivity index (χ2n) is 6.59. The molecule has 26 heavy (non-hydrogen) atoms. The highest BCUT2D eigenvalue weighted by Crippen LogP contribution is 2.31. The first kappa shape index (κ1) is 18.3. The number of aliphatic hydroxyl groups excluding tert-OH is 1. The zero-order valence-corrected chi connectivity index (χ0v) is 14.9. The van der Waals surface area contributed by atoms with Crippen LogP contribution < -0.4 is 5.32 Å². The number of rotatable bonds is 4. The predicted octanol–water partition coefficient (Wildman–Crippen LogP) is 2.55. The van der Waals surface area contributed by atoms with Crippen molar-refractivity contribution in [3.8, 4) is 0 Å². The molecule has 2 N–H and O–H groups in total. The van der Waals surface area contributed by atoms with E-state index in [2.05, 4.69) is 15.3 Å². The van der Waals surface area contributed by atoms with Crippen LogP contribution in [0.5, 0.6) is 0 Å². The van der Waals surface area contributed by atoms with Crippen molar-refractivity contribution >= 4 is 11.9 Å². The Labute approximate surface area is 152 Å². The van der Waals surface area contributed by atoms with Gasteiger partial charge in [-0.2, -0.15) is 0 Å². The van der Waals surface area contributed by atoms with Gasteiger partial charge in [0.1, 0.15) is 11.5 Å². The van der Waals surface area contributed by atoms with Crippen LogP contribution in [0.1, 0.15) is 40.7 Å². The number of hydrogen-bond acceptors (Lipinski definition) is 5. The summed E-state index contributed by atoms with van der Waals surface area (Å²) in [5.41, 5.74) is 1.81. The summed E-state index contributed by atoms with van der Waals surface area (Å²) in [7, 11) is 1.71. The van der Waals surface area contributed by atoms with Crippen LogP contribution in [0.25, 0.3) is 0 Å². The first-order valence-electron chi connectivity index (χ1n) is 8.74. The van der Waals surface area contributed by atoms with Gasteiger partial charge in [0.15, 0.2) is 0 Å². The lowest BCUT2D eigenvalue weighted by atomic mass is 9.87. The van der Waals surface area contributed by atoms with E-state index in [0.29, 0.717) is 43.1 Å². The van der Waals surface area contributed by atoms with Gasteiger partial charge < -0.3 is 15.3 Å². The van der Waals surface area contributed by atoms with Crippen LogP contribution in [-0.2, 0) is 0 Å². The lowest BCUT2D eigenvalue weighted by Crippen LogP contribution is -2.40. The standard InChI is InChI=1S/C19H23FN4O2/c1-12-11-16(23-19(21-2)22-12)18(26)24-9-7-14(8-10-24)17(25)13-3-5-15(20)6-4-13/h3-6,11,14,17,25H,7-10H2,1-2H3,(H,21,22,23). The highest BCUT2D eigenvalue weighted by Gasteiger charge is 2.29. The van der Waals surface area contributed by atoms with E-state index >= 15 is 0 Å². The molecule has 1 fully saturated rings. The first-order chi connectivity index (χ1) is 12.5. The van der Waals surface area contributed by atoms with Gasteiger partial charge in [-0.3, -0.25) is 4.79 Å². The molecular formula is C19H23FN4O2. The number of aryl methyl sites for hydroxylation is 1. The summed E-state index contributed by atoms with van der Waals surface area (Å²) < 4.78 is 13.0. The SMILES string of the molecule is CNc1nc(C)cc(C(=O)N2CCC(C(O)c3ccc(F)cc3)CC2)n1. The predicted molar refractivity (Wildman–Crippen MR) is 96.3 cm³/mol.